The van der Waals surface area contributed by atoms with Crippen molar-refractivity contribution in [3.8, 4) is 0 Å². The smallest absolute Gasteiger partial charge is 0.106 e. The number of oxime groups is 1. The van der Waals surface area contributed by atoms with Gasteiger partial charge in [-0.05, 0) is 42.1 Å². The molecule has 74 valence electrons. The van der Waals surface area contributed by atoms with Gasteiger partial charge in [0.15, 0.2) is 0 Å². The number of hydrogen-bond donors (Lipinski definition) is 0. The van der Waals surface area contributed by atoms with Crippen LogP contribution in [0.1, 0.15) is 32.1 Å². The fourth-order valence-electron chi connectivity index (χ4n) is 1.53. The lowest BCUT2D eigenvalue weighted by Gasteiger charge is -2.02. The maximum absolute atomic E-state index is 4.81. The molecule has 0 bridgehead atoms. The molecule has 3 heteroatoms. The standard InChI is InChI=1S/C10H16INO/c1-13-12-10-7-4-6-9(10)5-2-3-8-11/h6H,2-5,7-8H2,1H3. The van der Waals surface area contributed by atoms with E-state index in [0.29, 0.717) is 0 Å². The normalized spacial score (nSPS) is 19.2. The zero-order valence-corrected chi connectivity index (χ0v) is 10.2. The number of nitrogens with zero attached hydrogens (tertiary/aromatic N) is 1. The summed E-state index contributed by atoms with van der Waals surface area (Å²) in [5.74, 6) is 0. The van der Waals surface area contributed by atoms with Gasteiger partial charge in [0.1, 0.15) is 7.11 Å². The van der Waals surface area contributed by atoms with Crippen LogP contribution in [-0.4, -0.2) is 17.2 Å². The summed E-state index contributed by atoms with van der Waals surface area (Å²) in [6.45, 7) is 0. The summed E-state index contributed by atoms with van der Waals surface area (Å²) >= 11 is 2.42. The first-order valence-electron chi connectivity index (χ1n) is 4.74. The number of hydrogen-bond acceptors (Lipinski definition) is 2. The van der Waals surface area contributed by atoms with Crippen LogP contribution in [0.2, 0.25) is 0 Å². The van der Waals surface area contributed by atoms with Crippen LogP contribution in [0, 0.1) is 0 Å². The third kappa shape index (κ3) is 3.67. The highest BCUT2D eigenvalue weighted by molar-refractivity contribution is 14.1. The van der Waals surface area contributed by atoms with E-state index < -0.39 is 0 Å². The van der Waals surface area contributed by atoms with E-state index in [-0.39, 0.29) is 0 Å². The number of allylic oxidation sites excluding steroid dienone is 2. The molecule has 0 aromatic rings. The van der Waals surface area contributed by atoms with E-state index in [1.165, 1.54) is 29.3 Å². The molecule has 0 aliphatic heterocycles. The van der Waals surface area contributed by atoms with Crippen LogP contribution >= 0.6 is 22.6 Å². The number of halogens is 1. The minimum absolute atomic E-state index is 1.06. The Morgan fingerprint density at radius 2 is 2.38 bits per heavy atom. The van der Waals surface area contributed by atoms with E-state index in [9.17, 15) is 0 Å². The van der Waals surface area contributed by atoms with Gasteiger partial charge in [-0.25, -0.2) is 0 Å². The lowest BCUT2D eigenvalue weighted by Crippen LogP contribution is -1.98. The highest BCUT2D eigenvalue weighted by atomic mass is 127. The molecule has 0 atom stereocenters. The van der Waals surface area contributed by atoms with Crippen molar-refractivity contribution in [2.45, 2.75) is 32.1 Å². The number of rotatable bonds is 5. The molecule has 0 spiro atoms. The average molecular weight is 293 g/mol. The molecular formula is C10H16INO. The second-order valence-corrected chi connectivity index (χ2v) is 4.21. The second-order valence-electron chi connectivity index (χ2n) is 3.13. The van der Waals surface area contributed by atoms with E-state index in [0.717, 1.165) is 18.6 Å². The molecule has 2 nitrogen and oxygen atoms in total. The molecule has 0 heterocycles. The van der Waals surface area contributed by atoms with E-state index in [1.807, 2.05) is 0 Å². The zero-order valence-electron chi connectivity index (χ0n) is 8.05. The molecule has 13 heavy (non-hydrogen) atoms. The van der Waals surface area contributed by atoms with Gasteiger partial charge in [0, 0.05) is 0 Å². The van der Waals surface area contributed by atoms with Gasteiger partial charge in [0.2, 0.25) is 0 Å². The molecule has 0 saturated heterocycles. The van der Waals surface area contributed by atoms with Gasteiger partial charge in [-0.1, -0.05) is 33.8 Å². The molecule has 0 aromatic carbocycles. The molecule has 0 fully saturated rings. The van der Waals surface area contributed by atoms with Crippen molar-refractivity contribution < 1.29 is 4.84 Å². The fraction of sp³-hybridized carbons (Fsp3) is 0.700. The zero-order chi connectivity index (χ0) is 9.52. The van der Waals surface area contributed by atoms with Crippen molar-refractivity contribution in [1.82, 2.24) is 0 Å². The summed E-state index contributed by atoms with van der Waals surface area (Å²) in [5, 5.41) is 4.03. The lowest BCUT2D eigenvalue weighted by atomic mass is 10.1. The molecule has 0 amide bonds. The van der Waals surface area contributed by atoms with Crippen molar-refractivity contribution >= 4 is 28.3 Å². The van der Waals surface area contributed by atoms with Crippen LogP contribution < -0.4 is 0 Å². The van der Waals surface area contributed by atoms with Crippen LogP contribution in [0.15, 0.2) is 16.8 Å². The van der Waals surface area contributed by atoms with E-state index in [1.54, 1.807) is 7.11 Å². The SMILES string of the molecule is CON=C1CCC=C1CCCCI. The van der Waals surface area contributed by atoms with Gasteiger partial charge in [0.25, 0.3) is 0 Å². The van der Waals surface area contributed by atoms with Crippen molar-refractivity contribution in [3.63, 3.8) is 0 Å². The van der Waals surface area contributed by atoms with E-state index >= 15 is 0 Å². The molecular weight excluding hydrogens is 277 g/mol. The summed E-state index contributed by atoms with van der Waals surface area (Å²) < 4.78 is 1.25. The van der Waals surface area contributed by atoms with Crippen LogP contribution in [0.25, 0.3) is 0 Å². The average Bonchev–Trinajstić information content (AvgIpc) is 2.54. The third-order valence-corrected chi connectivity index (χ3v) is 2.94. The highest BCUT2D eigenvalue weighted by Crippen LogP contribution is 2.21. The summed E-state index contributed by atoms with van der Waals surface area (Å²) in [7, 11) is 1.62. The largest absolute Gasteiger partial charge is 0.399 e. The lowest BCUT2D eigenvalue weighted by molar-refractivity contribution is 0.213. The van der Waals surface area contributed by atoms with Gasteiger partial charge < -0.3 is 4.84 Å². The quantitative estimate of drug-likeness (QED) is 0.330. The van der Waals surface area contributed by atoms with Gasteiger partial charge in [0.05, 0.1) is 5.71 Å². The molecule has 0 N–H and O–H groups in total. The highest BCUT2D eigenvalue weighted by Gasteiger charge is 2.12. The van der Waals surface area contributed by atoms with E-state index in [2.05, 4.69) is 33.8 Å². The summed E-state index contributed by atoms with van der Waals surface area (Å²) in [6.07, 6.45) is 8.25. The van der Waals surface area contributed by atoms with Gasteiger partial charge in [-0.3, -0.25) is 0 Å². The van der Waals surface area contributed by atoms with Crippen LogP contribution in [-0.2, 0) is 4.84 Å². The van der Waals surface area contributed by atoms with Gasteiger partial charge in [-0.2, -0.15) is 0 Å². The van der Waals surface area contributed by atoms with Crippen molar-refractivity contribution in [2.75, 3.05) is 11.5 Å². The van der Waals surface area contributed by atoms with Crippen LogP contribution in [0.3, 0.4) is 0 Å². The summed E-state index contributed by atoms with van der Waals surface area (Å²) in [5.41, 5.74) is 2.57. The van der Waals surface area contributed by atoms with Crippen LogP contribution in [0.5, 0.6) is 0 Å². The summed E-state index contributed by atoms with van der Waals surface area (Å²) in [6, 6.07) is 0. The van der Waals surface area contributed by atoms with Crippen molar-refractivity contribution in [3.05, 3.63) is 11.6 Å². The first-order valence-corrected chi connectivity index (χ1v) is 6.26. The first-order chi connectivity index (χ1) is 6.38. The van der Waals surface area contributed by atoms with Crippen LogP contribution in [0.4, 0.5) is 0 Å². The Morgan fingerprint density at radius 1 is 1.54 bits per heavy atom. The fourth-order valence-corrected chi connectivity index (χ4v) is 2.07. The summed E-state index contributed by atoms with van der Waals surface area (Å²) in [4.78, 5) is 4.81. The predicted octanol–water partition coefficient (Wildman–Crippen LogP) is 3.31. The molecule has 1 aliphatic carbocycles. The van der Waals surface area contributed by atoms with Gasteiger partial charge >= 0.3 is 0 Å². The second kappa shape index (κ2) is 6.40. The molecule has 0 radical (unpaired) electrons. The molecule has 0 saturated carbocycles. The minimum Gasteiger partial charge on any atom is -0.399 e. The Morgan fingerprint density at radius 3 is 3.08 bits per heavy atom. The Balaban J connectivity index is 2.35. The number of alkyl halides is 1. The van der Waals surface area contributed by atoms with Crippen molar-refractivity contribution in [2.24, 2.45) is 5.16 Å². The first kappa shape index (κ1) is 11.0. The molecule has 0 aromatic heterocycles. The minimum atomic E-state index is 1.06. The molecule has 1 rings (SSSR count). The van der Waals surface area contributed by atoms with Crippen molar-refractivity contribution in [1.29, 1.82) is 0 Å². The third-order valence-electron chi connectivity index (χ3n) is 2.17. The Hall–Kier alpha value is -0.0600. The maximum Gasteiger partial charge on any atom is 0.106 e. The Kier molecular flexibility index (Phi) is 5.43. The Labute approximate surface area is 93.6 Å². The van der Waals surface area contributed by atoms with E-state index in [4.69, 9.17) is 4.84 Å². The molecule has 0 unspecified atom stereocenters. The maximum atomic E-state index is 4.81. The predicted molar refractivity (Wildman–Crippen MR) is 64.5 cm³/mol. The van der Waals surface area contributed by atoms with Gasteiger partial charge in [-0.15, -0.1) is 0 Å². The Bertz CT molecular complexity index is 211. The number of unbranched alkanes of at least 4 members (excludes halogenated alkanes) is 1. The topological polar surface area (TPSA) is 21.6 Å². The monoisotopic (exact) mass is 293 g/mol. The molecule has 1 aliphatic rings.